The largest absolute Gasteiger partial charge is 0.726 e. The molecule has 9 nitrogen and oxygen atoms in total. The first-order valence-corrected chi connectivity index (χ1v) is 12.3. The maximum absolute atomic E-state index is 12.7. The molecule has 1 saturated carbocycles. The van der Waals surface area contributed by atoms with Crippen LogP contribution in [-0.4, -0.2) is 54.5 Å². The van der Waals surface area contributed by atoms with Gasteiger partial charge in [-0.3, -0.25) is 8.98 Å². The second kappa shape index (κ2) is 8.66. The van der Waals surface area contributed by atoms with Gasteiger partial charge in [-0.2, -0.15) is 0 Å². The van der Waals surface area contributed by atoms with E-state index in [1.165, 1.54) is 0 Å². The molecular formula is C18H22N4O5S2. The van der Waals surface area contributed by atoms with Gasteiger partial charge in [0.05, 0.1) is 30.9 Å². The minimum atomic E-state index is -4.41. The molecule has 1 amide bonds. The van der Waals surface area contributed by atoms with Crippen molar-refractivity contribution in [1.29, 1.82) is 0 Å². The lowest BCUT2D eigenvalue weighted by atomic mass is 10.2. The lowest BCUT2D eigenvalue weighted by Gasteiger charge is -2.23. The molecule has 0 radical (unpaired) electrons. The van der Waals surface area contributed by atoms with Crippen molar-refractivity contribution >= 4 is 44.5 Å². The zero-order valence-corrected chi connectivity index (χ0v) is 17.9. The molecule has 0 unspecified atom stereocenters. The summed E-state index contributed by atoms with van der Waals surface area (Å²) >= 11 is 0. The molecule has 1 aliphatic carbocycles. The van der Waals surface area contributed by atoms with Crippen molar-refractivity contribution in [2.24, 2.45) is 0 Å². The monoisotopic (exact) mass is 438 g/mol. The first kappa shape index (κ1) is 21.5. The van der Waals surface area contributed by atoms with Gasteiger partial charge in [0.2, 0.25) is 10.4 Å². The van der Waals surface area contributed by atoms with Crippen LogP contribution in [0.15, 0.2) is 30.6 Å². The number of fused-ring (bicyclic) bond motifs is 2. The summed E-state index contributed by atoms with van der Waals surface area (Å²) in [5, 5.41) is 3.09. The maximum atomic E-state index is 12.7. The molecule has 0 saturated heterocycles. The van der Waals surface area contributed by atoms with Crippen LogP contribution in [-0.2, 0) is 31.2 Å². The Morgan fingerprint density at radius 1 is 1.24 bits per heavy atom. The molecule has 1 aliphatic heterocycles. The maximum Gasteiger partial charge on any atom is 0.259 e. The van der Waals surface area contributed by atoms with E-state index in [9.17, 15) is 17.8 Å². The van der Waals surface area contributed by atoms with E-state index >= 15 is 0 Å². The number of nitrogens with one attached hydrogen (secondary N) is 1. The third-order valence-corrected chi connectivity index (χ3v) is 5.60. The standard InChI is InChI=1S/C17H18N4OS.CH4O4S/c1-23(2)10-11-7-9-19-16-14(11)20-17(22)13-4-3-8-18-15(13)21(16)12-5-6-12;1-5-6(2,3)4/h3-4,7-9,12H,5-6,10H2,1-2H3;1H3,(H,2,3,4). The van der Waals surface area contributed by atoms with Crippen LogP contribution >= 0.6 is 0 Å². The molecule has 2 aromatic heterocycles. The Hall–Kier alpha value is -2.21. The van der Waals surface area contributed by atoms with Gasteiger partial charge in [-0.15, -0.1) is 0 Å². The molecule has 2 aliphatic rings. The number of hydrogen-bond acceptors (Lipinski definition) is 8. The fourth-order valence-electron chi connectivity index (χ4n) is 2.97. The van der Waals surface area contributed by atoms with Crippen LogP contribution in [0.5, 0.6) is 0 Å². The summed E-state index contributed by atoms with van der Waals surface area (Å²) in [5.41, 5.74) is 2.62. The van der Waals surface area contributed by atoms with Gasteiger partial charge in [0.15, 0.2) is 5.82 Å². The van der Waals surface area contributed by atoms with E-state index in [0.717, 1.165) is 48.6 Å². The Bertz CT molecular complexity index is 1010. The van der Waals surface area contributed by atoms with Crippen molar-refractivity contribution in [2.75, 3.05) is 29.8 Å². The number of aromatic nitrogens is 2. The van der Waals surface area contributed by atoms with E-state index < -0.39 is 10.4 Å². The zero-order valence-electron chi connectivity index (χ0n) is 16.3. The predicted molar refractivity (Wildman–Crippen MR) is 111 cm³/mol. The second-order valence-electron chi connectivity index (χ2n) is 6.80. The molecule has 2 aromatic rings. The van der Waals surface area contributed by atoms with E-state index in [-0.39, 0.29) is 16.8 Å². The SMILES string of the molecule is COS(=O)(=O)[O-].C[S+](C)Cc1ccnc2c1NC(=O)c1cccnc1N2C1CC1. The highest BCUT2D eigenvalue weighted by molar-refractivity contribution is 7.94. The Balaban J connectivity index is 0.000000353. The van der Waals surface area contributed by atoms with Gasteiger partial charge in [-0.1, -0.05) is 0 Å². The smallest absolute Gasteiger partial charge is 0.259 e. The average molecular weight is 439 g/mol. The highest BCUT2D eigenvalue weighted by atomic mass is 32.3. The first-order valence-electron chi connectivity index (χ1n) is 8.80. The fourth-order valence-corrected chi connectivity index (χ4v) is 3.83. The van der Waals surface area contributed by atoms with Gasteiger partial charge in [-0.05, 0) is 41.9 Å². The summed E-state index contributed by atoms with van der Waals surface area (Å²) in [7, 11) is -3.36. The molecule has 11 heteroatoms. The summed E-state index contributed by atoms with van der Waals surface area (Å²) in [5.74, 6) is 2.40. The topological polar surface area (TPSA) is 125 Å². The van der Waals surface area contributed by atoms with Crippen LogP contribution in [0.25, 0.3) is 0 Å². The molecule has 0 spiro atoms. The molecule has 1 N–H and O–H groups in total. The van der Waals surface area contributed by atoms with Crippen molar-refractivity contribution in [3.8, 4) is 0 Å². The lowest BCUT2D eigenvalue weighted by molar-refractivity contribution is 0.102. The summed E-state index contributed by atoms with van der Waals surface area (Å²) in [4.78, 5) is 23.9. The number of pyridine rings is 2. The van der Waals surface area contributed by atoms with Crippen LogP contribution in [0.4, 0.5) is 17.3 Å². The predicted octanol–water partition coefficient (Wildman–Crippen LogP) is 1.81. The number of carbonyl (C=O) groups is 1. The van der Waals surface area contributed by atoms with Crippen molar-refractivity contribution in [2.45, 2.75) is 24.6 Å². The quantitative estimate of drug-likeness (QED) is 0.435. The molecule has 156 valence electrons. The van der Waals surface area contributed by atoms with Crippen LogP contribution < -0.4 is 10.2 Å². The number of hydrogen-bond donors (Lipinski definition) is 1. The van der Waals surface area contributed by atoms with Crippen LogP contribution in [0.2, 0.25) is 0 Å². The number of rotatable bonds is 4. The summed E-state index contributed by atoms with van der Waals surface area (Å²) in [6, 6.07) is 6.05. The van der Waals surface area contributed by atoms with Gasteiger partial charge in [0.25, 0.3) is 5.91 Å². The minimum Gasteiger partial charge on any atom is -0.726 e. The third kappa shape index (κ3) is 5.24. The highest BCUT2D eigenvalue weighted by Gasteiger charge is 2.38. The molecule has 29 heavy (non-hydrogen) atoms. The van der Waals surface area contributed by atoms with E-state index in [0.29, 0.717) is 11.6 Å². The molecule has 0 bridgehead atoms. The van der Waals surface area contributed by atoms with Crippen LogP contribution in [0.3, 0.4) is 0 Å². The zero-order chi connectivity index (χ0) is 21.2. The average Bonchev–Trinajstić information content (AvgIpc) is 3.49. The third-order valence-electron chi connectivity index (χ3n) is 4.30. The van der Waals surface area contributed by atoms with Crippen molar-refractivity contribution in [3.05, 3.63) is 41.7 Å². The van der Waals surface area contributed by atoms with E-state index in [1.54, 1.807) is 6.20 Å². The Labute approximate surface area is 172 Å². The van der Waals surface area contributed by atoms with Crippen LogP contribution in [0, 0.1) is 0 Å². The van der Waals surface area contributed by atoms with Crippen molar-refractivity contribution < 1.29 is 21.9 Å². The summed E-state index contributed by atoms with van der Waals surface area (Å²) in [6.45, 7) is 0. The Morgan fingerprint density at radius 3 is 2.48 bits per heavy atom. The molecular weight excluding hydrogens is 416 g/mol. The number of anilines is 3. The van der Waals surface area contributed by atoms with Gasteiger partial charge in [0, 0.05) is 24.0 Å². The second-order valence-corrected chi connectivity index (χ2v) is 10.2. The van der Waals surface area contributed by atoms with Crippen molar-refractivity contribution in [1.82, 2.24) is 9.97 Å². The molecule has 1 fully saturated rings. The minimum absolute atomic E-state index is 0.0983. The van der Waals surface area contributed by atoms with Gasteiger partial charge >= 0.3 is 0 Å². The summed E-state index contributed by atoms with van der Waals surface area (Å²) < 4.78 is 31.0. The van der Waals surface area contributed by atoms with Crippen molar-refractivity contribution in [3.63, 3.8) is 0 Å². The summed E-state index contributed by atoms with van der Waals surface area (Å²) in [6.07, 6.45) is 10.2. The van der Waals surface area contributed by atoms with Gasteiger partial charge in [0.1, 0.15) is 11.6 Å². The van der Waals surface area contributed by atoms with Gasteiger partial charge < -0.3 is 14.8 Å². The van der Waals surface area contributed by atoms with E-state index in [1.807, 2.05) is 24.4 Å². The molecule has 3 heterocycles. The van der Waals surface area contributed by atoms with Gasteiger partial charge in [-0.25, -0.2) is 18.4 Å². The number of carbonyl (C=O) groups excluding carboxylic acids is 1. The number of nitrogens with zero attached hydrogens (tertiary/aromatic N) is 3. The van der Waals surface area contributed by atoms with Crippen LogP contribution in [0.1, 0.15) is 28.8 Å². The molecule has 0 aromatic carbocycles. The van der Waals surface area contributed by atoms with E-state index in [2.05, 4.69) is 36.9 Å². The normalized spacial score (nSPS) is 15.6. The molecule has 4 rings (SSSR count). The number of amides is 1. The Morgan fingerprint density at radius 2 is 1.90 bits per heavy atom. The lowest BCUT2D eigenvalue weighted by Crippen LogP contribution is -2.22. The Kier molecular flexibility index (Phi) is 6.42. The molecule has 0 atom stereocenters. The highest BCUT2D eigenvalue weighted by Crippen LogP contribution is 2.44. The van der Waals surface area contributed by atoms with E-state index in [4.69, 9.17) is 0 Å². The fraction of sp³-hybridized carbons (Fsp3) is 0.389. The first-order chi connectivity index (χ1) is 13.7.